The topological polar surface area (TPSA) is 54.2 Å². The monoisotopic (exact) mass is 313 g/mol. The van der Waals surface area contributed by atoms with Crippen molar-refractivity contribution in [2.24, 2.45) is 10.9 Å². The van der Waals surface area contributed by atoms with Crippen molar-refractivity contribution in [2.45, 2.75) is 33.4 Å². The molecule has 1 aromatic heterocycles. The molecule has 2 aromatic rings. The molecule has 5 nitrogen and oxygen atoms in total. The molecule has 0 bridgehead atoms. The van der Waals surface area contributed by atoms with E-state index >= 15 is 0 Å². The van der Waals surface area contributed by atoms with E-state index in [4.69, 9.17) is 4.99 Å². The van der Waals surface area contributed by atoms with Crippen molar-refractivity contribution >= 4 is 5.96 Å². The number of guanidine groups is 1. The zero-order chi connectivity index (χ0) is 16.5. The highest BCUT2D eigenvalue weighted by molar-refractivity contribution is 5.80. The fourth-order valence-corrected chi connectivity index (χ4v) is 2.38. The van der Waals surface area contributed by atoms with Gasteiger partial charge in [-0.3, -0.25) is 9.67 Å². The van der Waals surface area contributed by atoms with Crippen LogP contribution in [-0.4, -0.2) is 28.8 Å². The van der Waals surface area contributed by atoms with Gasteiger partial charge in [-0.25, -0.2) is 0 Å². The summed E-state index contributed by atoms with van der Waals surface area (Å²) < 4.78 is 1.95. The van der Waals surface area contributed by atoms with E-state index in [0.29, 0.717) is 5.92 Å². The molecule has 0 saturated carbocycles. The van der Waals surface area contributed by atoms with Crippen LogP contribution in [0.2, 0.25) is 0 Å². The lowest BCUT2D eigenvalue weighted by molar-refractivity contribution is 0.458. The fraction of sp³-hybridized carbons (Fsp3) is 0.444. The van der Waals surface area contributed by atoms with Gasteiger partial charge in [-0.2, -0.15) is 5.10 Å². The molecule has 0 spiro atoms. The van der Waals surface area contributed by atoms with Crippen LogP contribution in [0.1, 0.15) is 32.4 Å². The van der Waals surface area contributed by atoms with Gasteiger partial charge in [0, 0.05) is 32.0 Å². The molecular formula is C18H27N5. The first kappa shape index (κ1) is 17.1. The molecule has 5 heteroatoms. The van der Waals surface area contributed by atoms with Crippen molar-refractivity contribution in [3.63, 3.8) is 0 Å². The van der Waals surface area contributed by atoms with Crippen LogP contribution in [0.15, 0.2) is 53.8 Å². The molecule has 1 heterocycles. The van der Waals surface area contributed by atoms with Crippen LogP contribution in [0.5, 0.6) is 0 Å². The van der Waals surface area contributed by atoms with E-state index in [9.17, 15) is 0 Å². The third-order valence-corrected chi connectivity index (χ3v) is 3.62. The van der Waals surface area contributed by atoms with Crippen LogP contribution in [-0.2, 0) is 6.54 Å². The second kappa shape index (κ2) is 8.98. The van der Waals surface area contributed by atoms with E-state index in [1.54, 1.807) is 0 Å². The van der Waals surface area contributed by atoms with Crippen molar-refractivity contribution < 1.29 is 0 Å². The molecule has 2 unspecified atom stereocenters. The van der Waals surface area contributed by atoms with Crippen molar-refractivity contribution in [1.82, 2.24) is 20.4 Å². The van der Waals surface area contributed by atoms with Gasteiger partial charge in [-0.1, -0.05) is 37.3 Å². The Labute approximate surface area is 138 Å². The minimum atomic E-state index is 0.218. The van der Waals surface area contributed by atoms with Gasteiger partial charge in [0.25, 0.3) is 0 Å². The van der Waals surface area contributed by atoms with Gasteiger partial charge < -0.3 is 10.6 Å². The minimum absolute atomic E-state index is 0.218. The lowest BCUT2D eigenvalue weighted by Crippen LogP contribution is -2.39. The van der Waals surface area contributed by atoms with E-state index in [1.807, 2.05) is 29.2 Å². The highest BCUT2D eigenvalue weighted by Gasteiger charge is 2.08. The summed E-state index contributed by atoms with van der Waals surface area (Å²) in [7, 11) is 0. The molecule has 2 atom stereocenters. The first-order valence-corrected chi connectivity index (χ1v) is 8.26. The van der Waals surface area contributed by atoms with Crippen LogP contribution in [0, 0.1) is 5.92 Å². The average Bonchev–Trinajstić information content (AvgIpc) is 3.06. The number of hydrogen-bond acceptors (Lipinski definition) is 2. The van der Waals surface area contributed by atoms with E-state index in [1.165, 1.54) is 5.56 Å². The lowest BCUT2D eigenvalue weighted by Gasteiger charge is -2.19. The van der Waals surface area contributed by atoms with Gasteiger partial charge >= 0.3 is 0 Å². The zero-order valence-electron chi connectivity index (χ0n) is 14.2. The van der Waals surface area contributed by atoms with Crippen LogP contribution < -0.4 is 10.6 Å². The molecular weight excluding hydrogens is 286 g/mol. The van der Waals surface area contributed by atoms with E-state index in [0.717, 1.165) is 25.6 Å². The number of hydrogen-bond donors (Lipinski definition) is 2. The predicted octanol–water partition coefficient (Wildman–Crippen LogP) is 2.84. The molecule has 1 aromatic carbocycles. The molecule has 2 rings (SSSR count). The summed E-state index contributed by atoms with van der Waals surface area (Å²) in [5.41, 5.74) is 1.25. The van der Waals surface area contributed by atoms with Crippen molar-refractivity contribution in [2.75, 3.05) is 13.1 Å². The predicted molar refractivity (Wildman–Crippen MR) is 95.4 cm³/mol. The molecule has 124 valence electrons. The Kier molecular flexibility index (Phi) is 6.66. The van der Waals surface area contributed by atoms with E-state index < -0.39 is 0 Å². The summed E-state index contributed by atoms with van der Waals surface area (Å²) in [6.07, 6.45) is 3.80. The second-order valence-corrected chi connectivity index (χ2v) is 5.83. The Morgan fingerprint density at radius 1 is 1.22 bits per heavy atom. The van der Waals surface area contributed by atoms with E-state index in [2.05, 4.69) is 60.8 Å². The number of nitrogens with zero attached hydrogens (tertiary/aromatic N) is 3. The summed E-state index contributed by atoms with van der Waals surface area (Å²) in [6, 6.07) is 12.6. The molecule has 0 saturated heterocycles. The first-order chi connectivity index (χ1) is 11.2. The van der Waals surface area contributed by atoms with Crippen LogP contribution in [0.25, 0.3) is 0 Å². The Morgan fingerprint density at radius 3 is 2.65 bits per heavy atom. The SMILES string of the molecule is CCNC(=NCC(C)Cn1cccn1)NC(C)c1ccccc1. The van der Waals surface area contributed by atoms with Crippen LogP contribution in [0.3, 0.4) is 0 Å². The smallest absolute Gasteiger partial charge is 0.191 e. The maximum Gasteiger partial charge on any atom is 0.191 e. The third kappa shape index (κ3) is 5.77. The zero-order valence-corrected chi connectivity index (χ0v) is 14.2. The van der Waals surface area contributed by atoms with Crippen LogP contribution in [0.4, 0.5) is 0 Å². The summed E-state index contributed by atoms with van der Waals surface area (Å²) in [4.78, 5) is 4.71. The second-order valence-electron chi connectivity index (χ2n) is 5.83. The Bertz CT molecular complexity index is 577. The quantitative estimate of drug-likeness (QED) is 0.610. The number of aliphatic imine (C=N–C) groups is 1. The number of rotatable bonds is 7. The first-order valence-electron chi connectivity index (χ1n) is 8.26. The molecule has 0 fully saturated rings. The molecule has 0 radical (unpaired) electrons. The molecule has 0 aliphatic heterocycles. The van der Waals surface area contributed by atoms with Gasteiger partial charge in [-0.15, -0.1) is 0 Å². The largest absolute Gasteiger partial charge is 0.357 e. The molecule has 23 heavy (non-hydrogen) atoms. The minimum Gasteiger partial charge on any atom is -0.357 e. The standard InChI is InChI=1S/C18H27N5/c1-4-19-18(22-16(3)17-9-6-5-7-10-17)20-13-15(2)14-23-12-8-11-21-23/h5-12,15-16H,4,13-14H2,1-3H3,(H2,19,20,22). The van der Waals surface area contributed by atoms with Crippen molar-refractivity contribution in [3.05, 3.63) is 54.4 Å². The van der Waals surface area contributed by atoms with Crippen LogP contribution >= 0.6 is 0 Å². The molecule has 0 aliphatic carbocycles. The maximum atomic E-state index is 4.71. The molecule has 2 N–H and O–H groups in total. The number of nitrogens with one attached hydrogen (secondary N) is 2. The summed E-state index contributed by atoms with van der Waals surface area (Å²) in [5, 5.41) is 11.0. The number of benzene rings is 1. The normalized spacial score (nSPS) is 14.3. The van der Waals surface area contributed by atoms with Gasteiger partial charge in [0.15, 0.2) is 5.96 Å². The maximum absolute atomic E-state index is 4.71. The van der Waals surface area contributed by atoms with Gasteiger partial charge in [0.1, 0.15) is 0 Å². The Morgan fingerprint density at radius 2 is 2.00 bits per heavy atom. The Hall–Kier alpha value is -2.30. The van der Waals surface area contributed by atoms with Crippen molar-refractivity contribution in [3.8, 4) is 0 Å². The highest BCUT2D eigenvalue weighted by atomic mass is 15.3. The summed E-state index contributed by atoms with van der Waals surface area (Å²) in [6.45, 7) is 8.91. The van der Waals surface area contributed by atoms with Gasteiger partial charge in [0.05, 0.1) is 6.04 Å². The molecule has 0 aliphatic rings. The number of aromatic nitrogens is 2. The van der Waals surface area contributed by atoms with Gasteiger partial charge in [0.2, 0.25) is 0 Å². The Balaban J connectivity index is 1.91. The van der Waals surface area contributed by atoms with Gasteiger partial charge in [-0.05, 0) is 31.4 Å². The third-order valence-electron chi connectivity index (χ3n) is 3.62. The lowest BCUT2D eigenvalue weighted by atomic mass is 10.1. The van der Waals surface area contributed by atoms with E-state index in [-0.39, 0.29) is 6.04 Å². The summed E-state index contributed by atoms with van der Waals surface area (Å²) >= 11 is 0. The molecule has 0 amide bonds. The average molecular weight is 313 g/mol. The highest BCUT2D eigenvalue weighted by Crippen LogP contribution is 2.10. The fourth-order valence-electron chi connectivity index (χ4n) is 2.38. The van der Waals surface area contributed by atoms with Crippen molar-refractivity contribution in [1.29, 1.82) is 0 Å². The summed E-state index contributed by atoms with van der Waals surface area (Å²) in [5.74, 6) is 1.29.